The summed E-state index contributed by atoms with van der Waals surface area (Å²) in [5.74, 6) is 0.660. The Morgan fingerprint density at radius 1 is 1.06 bits per heavy atom. The third kappa shape index (κ3) is 1.40. The Morgan fingerprint density at radius 2 is 1.88 bits per heavy atom. The van der Waals surface area contributed by atoms with Crippen LogP contribution in [0.1, 0.15) is 0 Å². The predicted molar refractivity (Wildman–Crippen MR) is 62.8 cm³/mol. The molecule has 3 rings (SSSR count). The minimum atomic E-state index is 0.629. The second-order valence-corrected chi connectivity index (χ2v) is 3.59. The number of benzene rings is 1. The first-order valence-corrected chi connectivity index (χ1v) is 4.98. The summed E-state index contributed by atoms with van der Waals surface area (Å²) in [4.78, 5) is 8.57. The van der Waals surface area contributed by atoms with Gasteiger partial charge in [0.05, 0.1) is 17.6 Å². The average Bonchev–Trinajstić information content (AvgIpc) is 2.73. The summed E-state index contributed by atoms with van der Waals surface area (Å²) in [6.45, 7) is 0. The summed E-state index contributed by atoms with van der Waals surface area (Å²) in [6, 6.07) is 9.99. The Hall–Kier alpha value is -2.36. The lowest BCUT2D eigenvalue weighted by Gasteiger charge is -1.92. The lowest BCUT2D eigenvalue weighted by atomic mass is 10.2. The second-order valence-electron chi connectivity index (χ2n) is 3.59. The quantitative estimate of drug-likeness (QED) is 0.668. The maximum Gasteiger partial charge on any atom is 0.234 e. The number of fused-ring (bicyclic) bond motifs is 1. The van der Waals surface area contributed by atoms with Gasteiger partial charge in [-0.25, -0.2) is 9.97 Å². The molecular formula is C12H10N4. The highest BCUT2D eigenvalue weighted by molar-refractivity contribution is 5.61. The Kier molecular flexibility index (Phi) is 1.86. The van der Waals surface area contributed by atoms with E-state index in [1.807, 2.05) is 47.1 Å². The van der Waals surface area contributed by atoms with Gasteiger partial charge in [0.15, 0.2) is 0 Å². The Balaban J connectivity index is 2.19. The van der Waals surface area contributed by atoms with Gasteiger partial charge < -0.3 is 5.73 Å². The first kappa shape index (κ1) is 8.91. The van der Waals surface area contributed by atoms with Crippen LogP contribution in [0.2, 0.25) is 0 Å². The van der Waals surface area contributed by atoms with Crippen LogP contribution < -0.4 is 5.73 Å². The summed E-state index contributed by atoms with van der Waals surface area (Å²) in [7, 11) is 0. The molecular weight excluding hydrogens is 200 g/mol. The van der Waals surface area contributed by atoms with Gasteiger partial charge in [-0.1, -0.05) is 30.3 Å². The van der Waals surface area contributed by atoms with Gasteiger partial charge in [0.25, 0.3) is 0 Å². The van der Waals surface area contributed by atoms with Crippen LogP contribution in [0.3, 0.4) is 0 Å². The molecule has 0 fully saturated rings. The van der Waals surface area contributed by atoms with E-state index in [9.17, 15) is 0 Å². The zero-order valence-corrected chi connectivity index (χ0v) is 8.54. The molecule has 2 aromatic heterocycles. The topological polar surface area (TPSA) is 56.2 Å². The lowest BCUT2D eigenvalue weighted by Crippen LogP contribution is -1.91. The third-order valence-electron chi connectivity index (χ3n) is 2.40. The van der Waals surface area contributed by atoms with E-state index in [2.05, 4.69) is 9.97 Å². The molecule has 0 aliphatic heterocycles. The van der Waals surface area contributed by atoms with Crippen molar-refractivity contribution in [1.29, 1.82) is 0 Å². The van der Waals surface area contributed by atoms with Gasteiger partial charge in [-0.05, 0) is 0 Å². The van der Waals surface area contributed by atoms with Crippen molar-refractivity contribution in [1.82, 2.24) is 14.4 Å². The van der Waals surface area contributed by atoms with E-state index in [0.717, 1.165) is 11.3 Å². The summed E-state index contributed by atoms with van der Waals surface area (Å²) in [6.07, 6.45) is 5.34. The van der Waals surface area contributed by atoms with E-state index in [1.54, 1.807) is 6.20 Å². The molecule has 2 N–H and O–H groups in total. The van der Waals surface area contributed by atoms with Crippen molar-refractivity contribution in [3.8, 4) is 11.3 Å². The fourth-order valence-electron chi connectivity index (χ4n) is 1.65. The van der Waals surface area contributed by atoms with Gasteiger partial charge in [-0.3, -0.25) is 4.40 Å². The standard InChI is InChI=1S/C12H10N4/c13-10-6-14-12-15-11(8-16(12)7-10)9-4-2-1-3-5-9/h1-8H,13H2. The molecule has 0 aliphatic rings. The Morgan fingerprint density at radius 3 is 2.69 bits per heavy atom. The third-order valence-corrected chi connectivity index (χ3v) is 2.40. The molecule has 0 saturated carbocycles. The molecule has 0 atom stereocenters. The number of hydrogen-bond donors (Lipinski definition) is 1. The average molecular weight is 210 g/mol. The van der Waals surface area contributed by atoms with Crippen LogP contribution in [-0.4, -0.2) is 14.4 Å². The first-order valence-electron chi connectivity index (χ1n) is 4.98. The van der Waals surface area contributed by atoms with Crippen LogP contribution in [0.15, 0.2) is 48.9 Å². The van der Waals surface area contributed by atoms with E-state index < -0.39 is 0 Å². The van der Waals surface area contributed by atoms with Crippen molar-refractivity contribution in [3.63, 3.8) is 0 Å². The monoisotopic (exact) mass is 210 g/mol. The van der Waals surface area contributed by atoms with Gasteiger partial charge in [-0.15, -0.1) is 0 Å². The van der Waals surface area contributed by atoms with Gasteiger partial charge in [0.2, 0.25) is 5.78 Å². The minimum Gasteiger partial charge on any atom is -0.396 e. The van der Waals surface area contributed by atoms with Crippen molar-refractivity contribution in [2.75, 3.05) is 5.73 Å². The zero-order valence-electron chi connectivity index (χ0n) is 8.54. The number of aromatic nitrogens is 3. The SMILES string of the molecule is Nc1cnc2nc(-c3ccccc3)cn2c1. The summed E-state index contributed by atoms with van der Waals surface area (Å²) < 4.78 is 1.83. The number of nitrogens with zero attached hydrogens (tertiary/aromatic N) is 3. The van der Waals surface area contributed by atoms with Crippen LogP contribution >= 0.6 is 0 Å². The molecule has 0 amide bonds. The fraction of sp³-hybridized carbons (Fsp3) is 0. The Bertz CT molecular complexity index is 628. The van der Waals surface area contributed by atoms with Crippen molar-refractivity contribution >= 4 is 11.5 Å². The molecule has 3 aromatic rings. The highest BCUT2D eigenvalue weighted by Crippen LogP contribution is 2.18. The van der Waals surface area contributed by atoms with E-state index in [4.69, 9.17) is 5.73 Å². The van der Waals surface area contributed by atoms with Crippen LogP contribution in [-0.2, 0) is 0 Å². The molecule has 16 heavy (non-hydrogen) atoms. The zero-order chi connectivity index (χ0) is 11.0. The minimum absolute atomic E-state index is 0.629. The predicted octanol–water partition coefficient (Wildman–Crippen LogP) is 1.98. The number of hydrogen-bond acceptors (Lipinski definition) is 3. The molecule has 0 saturated heterocycles. The van der Waals surface area contributed by atoms with E-state index in [-0.39, 0.29) is 0 Å². The fourth-order valence-corrected chi connectivity index (χ4v) is 1.65. The van der Waals surface area contributed by atoms with Gasteiger partial charge >= 0.3 is 0 Å². The number of rotatable bonds is 1. The van der Waals surface area contributed by atoms with Crippen LogP contribution in [0, 0.1) is 0 Å². The summed E-state index contributed by atoms with van der Waals surface area (Å²) in [5.41, 5.74) is 8.27. The van der Waals surface area contributed by atoms with Crippen LogP contribution in [0.5, 0.6) is 0 Å². The highest BCUT2D eigenvalue weighted by Gasteiger charge is 2.04. The maximum atomic E-state index is 5.66. The summed E-state index contributed by atoms with van der Waals surface area (Å²) >= 11 is 0. The molecule has 0 aliphatic carbocycles. The molecule has 0 bridgehead atoms. The lowest BCUT2D eigenvalue weighted by molar-refractivity contribution is 1.11. The largest absolute Gasteiger partial charge is 0.396 e. The van der Waals surface area contributed by atoms with Crippen molar-refractivity contribution in [2.45, 2.75) is 0 Å². The molecule has 1 aromatic carbocycles. The molecule has 78 valence electrons. The van der Waals surface area contributed by atoms with E-state index in [0.29, 0.717) is 11.5 Å². The van der Waals surface area contributed by atoms with E-state index in [1.165, 1.54) is 0 Å². The Labute approximate surface area is 92.4 Å². The van der Waals surface area contributed by atoms with Gasteiger partial charge in [0.1, 0.15) is 0 Å². The molecule has 0 spiro atoms. The first-order chi connectivity index (χ1) is 7.83. The molecule has 4 nitrogen and oxygen atoms in total. The molecule has 0 unspecified atom stereocenters. The van der Waals surface area contributed by atoms with Crippen molar-refractivity contribution < 1.29 is 0 Å². The van der Waals surface area contributed by atoms with Crippen LogP contribution in [0.4, 0.5) is 5.69 Å². The van der Waals surface area contributed by atoms with Crippen molar-refractivity contribution in [2.24, 2.45) is 0 Å². The maximum absolute atomic E-state index is 5.66. The smallest absolute Gasteiger partial charge is 0.234 e. The van der Waals surface area contributed by atoms with Crippen molar-refractivity contribution in [3.05, 3.63) is 48.9 Å². The van der Waals surface area contributed by atoms with Gasteiger partial charge in [0, 0.05) is 18.0 Å². The molecule has 2 heterocycles. The summed E-state index contributed by atoms with van der Waals surface area (Å²) in [5, 5.41) is 0. The van der Waals surface area contributed by atoms with Crippen LogP contribution in [0.25, 0.3) is 17.0 Å². The number of nitrogen functional groups attached to an aromatic ring is 1. The highest BCUT2D eigenvalue weighted by atomic mass is 15.1. The number of imidazole rings is 1. The second kappa shape index (κ2) is 3.34. The van der Waals surface area contributed by atoms with Gasteiger partial charge in [-0.2, -0.15) is 0 Å². The molecule has 4 heteroatoms. The normalized spacial score (nSPS) is 10.8. The van der Waals surface area contributed by atoms with E-state index >= 15 is 0 Å². The number of nitrogens with two attached hydrogens (primary N) is 1. The number of anilines is 1. The molecule has 0 radical (unpaired) electrons.